The van der Waals surface area contributed by atoms with Crippen LogP contribution in [-0.4, -0.2) is 37.8 Å². The fraction of sp³-hybridized carbons (Fsp3) is 0.458. The zero-order valence-electron chi connectivity index (χ0n) is 18.2. The molecule has 170 valence electrons. The first kappa shape index (κ1) is 22.7. The maximum absolute atomic E-state index is 13.2. The number of hydrogen-bond acceptors (Lipinski definition) is 6. The smallest absolute Gasteiger partial charge is 0.175 e. The van der Waals surface area contributed by atoms with Crippen LogP contribution >= 0.6 is 15.9 Å². The number of benzene rings is 1. The fourth-order valence-electron chi connectivity index (χ4n) is 5.23. The van der Waals surface area contributed by atoms with Gasteiger partial charge in [-0.25, -0.2) is 0 Å². The summed E-state index contributed by atoms with van der Waals surface area (Å²) >= 11 is 3.56. The number of allylic oxidation sites excluding steroid dienone is 4. The highest BCUT2D eigenvalue weighted by Gasteiger charge is 2.47. The molecule has 32 heavy (non-hydrogen) atoms. The van der Waals surface area contributed by atoms with Gasteiger partial charge >= 0.3 is 0 Å². The number of carboxylic acids is 1. The zero-order chi connectivity index (χ0) is 23.0. The molecule has 1 aromatic rings. The largest absolute Gasteiger partial charge is 0.544 e. The average molecular weight is 504 g/mol. The van der Waals surface area contributed by atoms with Crippen LogP contribution in [0.4, 0.5) is 0 Å². The molecule has 2 aliphatic carbocycles. The molecule has 0 saturated heterocycles. The van der Waals surface area contributed by atoms with Gasteiger partial charge in [-0.3, -0.25) is 14.5 Å². The normalized spacial score (nSPS) is 23.1. The predicted molar refractivity (Wildman–Crippen MR) is 117 cm³/mol. The Labute approximate surface area is 195 Å². The van der Waals surface area contributed by atoms with E-state index in [1.807, 2.05) is 19.1 Å². The first-order chi connectivity index (χ1) is 15.4. The fourth-order valence-corrected chi connectivity index (χ4v) is 5.81. The van der Waals surface area contributed by atoms with Crippen molar-refractivity contribution in [1.29, 1.82) is 0 Å². The van der Waals surface area contributed by atoms with Gasteiger partial charge < -0.3 is 19.4 Å². The highest BCUT2D eigenvalue weighted by atomic mass is 79.9. The Kier molecular flexibility index (Phi) is 6.53. The number of carboxylic acid groups (broad SMARTS) is 1. The van der Waals surface area contributed by atoms with E-state index in [9.17, 15) is 19.5 Å². The second kappa shape index (κ2) is 9.19. The Bertz CT molecular complexity index is 1010. The standard InChI is InChI=1S/C24H26BrNO6/c1-3-32-24-14(25)10-13(11-19(24)31-2)21-22-15(6-4-8-17(22)27)26(12-20(29)30)16-7-5-9-18(28)23(16)21/h10-11,21H,3-9,12H2,1-2H3,(H,29,30). The summed E-state index contributed by atoms with van der Waals surface area (Å²) in [4.78, 5) is 38.6. The van der Waals surface area contributed by atoms with E-state index >= 15 is 0 Å². The van der Waals surface area contributed by atoms with Crippen molar-refractivity contribution in [3.8, 4) is 11.5 Å². The monoisotopic (exact) mass is 503 g/mol. The summed E-state index contributed by atoms with van der Waals surface area (Å²) in [5.74, 6) is -0.712. The van der Waals surface area contributed by atoms with Gasteiger partial charge in [-0.2, -0.15) is 0 Å². The molecule has 7 nitrogen and oxygen atoms in total. The molecule has 4 rings (SSSR count). The number of ether oxygens (including phenoxy) is 2. The minimum absolute atomic E-state index is 0.0269. The molecule has 0 bridgehead atoms. The number of carbonyl (C=O) groups is 3. The lowest BCUT2D eigenvalue weighted by Crippen LogP contribution is -3.11. The van der Waals surface area contributed by atoms with Gasteiger partial charge in [0.25, 0.3) is 0 Å². The molecule has 0 saturated carbocycles. The Balaban J connectivity index is 1.96. The van der Waals surface area contributed by atoms with Crippen LogP contribution in [0.3, 0.4) is 0 Å². The number of carbonyl (C=O) groups excluding carboxylic acids is 3. The number of ketones is 2. The van der Waals surface area contributed by atoms with Crippen LogP contribution in [-0.2, 0) is 14.4 Å². The minimum atomic E-state index is -1.20. The maximum Gasteiger partial charge on any atom is 0.175 e. The Hall–Kier alpha value is -2.45. The van der Waals surface area contributed by atoms with Crippen molar-refractivity contribution in [2.45, 2.75) is 51.4 Å². The summed E-state index contributed by atoms with van der Waals surface area (Å²) in [5, 5.41) is 11.6. The molecule has 0 unspecified atom stereocenters. The number of Topliss-reactive ketones (excluding diaryl/α,β-unsaturated/α-hetero) is 2. The van der Waals surface area contributed by atoms with E-state index in [0.717, 1.165) is 17.0 Å². The molecule has 1 aliphatic heterocycles. The molecule has 8 heteroatoms. The third-order valence-corrected chi connectivity index (χ3v) is 7.00. The van der Waals surface area contributed by atoms with Crippen LogP contribution in [0, 0.1) is 0 Å². The van der Waals surface area contributed by atoms with Gasteiger partial charge in [-0.1, -0.05) is 0 Å². The molecular weight excluding hydrogens is 478 g/mol. The number of rotatable bonds is 6. The zero-order valence-corrected chi connectivity index (χ0v) is 19.8. The summed E-state index contributed by atoms with van der Waals surface area (Å²) in [6.45, 7) is 2.06. The van der Waals surface area contributed by atoms with Crippen molar-refractivity contribution in [2.24, 2.45) is 0 Å². The molecular formula is C24H26BrNO6. The Morgan fingerprint density at radius 2 is 1.69 bits per heavy atom. The molecule has 1 heterocycles. The molecule has 1 aromatic carbocycles. The lowest BCUT2D eigenvalue weighted by atomic mass is 9.71. The molecule has 0 atom stereocenters. The van der Waals surface area contributed by atoms with Crippen molar-refractivity contribution in [2.75, 3.05) is 20.3 Å². The van der Waals surface area contributed by atoms with Crippen LogP contribution in [0.1, 0.15) is 56.9 Å². The average Bonchev–Trinajstić information content (AvgIpc) is 2.75. The lowest BCUT2D eigenvalue weighted by molar-refractivity contribution is -0.819. The molecule has 0 spiro atoms. The minimum Gasteiger partial charge on any atom is -0.544 e. The number of aliphatic carboxylic acids is 1. The first-order valence-corrected chi connectivity index (χ1v) is 11.8. The highest BCUT2D eigenvalue weighted by molar-refractivity contribution is 9.10. The first-order valence-electron chi connectivity index (χ1n) is 11.0. The summed E-state index contributed by atoms with van der Waals surface area (Å²) in [7, 11) is 1.55. The topological polar surface area (TPSA) is 97.2 Å². The number of quaternary nitrogens is 1. The molecule has 3 aliphatic rings. The van der Waals surface area contributed by atoms with Gasteiger partial charge in [0, 0.05) is 25.7 Å². The van der Waals surface area contributed by atoms with Crippen molar-refractivity contribution in [3.63, 3.8) is 0 Å². The predicted octanol–water partition coefficient (Wildman–Crippen LogP) is 1.60. The van der Waals surface area contributed by atoms with E-state index in [4.69, 9.17) is 9.47 Å². The second-order valence-electron chi connectivity index (χ2n) is 8.27. The van der Waals surface area contributed by atoms with Crippen LogP contribution in [0.5, 0.6) is 11.5 Å². The van der Waals surface area contributed by atoms with Gasteiger partial charge in [0.15, 0.2) is 23.1 Å². The van der Waals surface area contributed by atoms with Crippen molar-refractivity contribution in [3.05, 3.63) is 44.7 Å². The van der Waals surface area contributed by atoms with E-state index in [1.54, 1.807) is 7.11 Å². The SMILES string of the molecule is CCOc1c(Br)cc(C2C3=C(CCCC3=O)[NH+](CC(=O)[O-])C3=C2C(=O)CCC3)cc1OC. The van der Waals surface area contributed by atoms with Gasteiger partial charge in [-0.05, 0) is 53.4 Å². The highest BCUT2D eigenvalue weighted by Crippen LogP contribution is 2.47. The number of methoxy groups -OCH3 is 1. The molecule has 0 radical (unpaired) electrons. The van der Waals surface area contributed by atoms with Crippen LogP contribution in [0.2, 0.25) is 0 Å². The summed E-state index contributed by atoms with van der Waals surface area (Å²) < 4.78 is 11.9. The van der Waals surface area contributed by atoms with Crippen LogP contribution in [0.25, 0.3) is 0 Å². The Morgan fingerprint density at radius 3 is 2.19 bits per heavy atom. The summed E-state index contributed by atoms with van der Waals surface area (Å²) in [6, 6.07) is 3.70. The number of hydrogen-bond donors (Lipinski definition) is 1. The number of halogens is 1. The third-order valence-electron chi connectivity index (χ3n) is 6.41. The van der Waals surface area contributed by atoms with E-state index in [-0.39, 0.29) is 18.1 Å². The van der Waals surface area contributed by atoms with Gasteiger partial charge in [-0.15, -0.1) is 0 Å². The van der Waals surface area contributed by atoms with E-state index in [2.05, 4.69) is 15.9 Å². The quantitative estimate of drug-likeness (QED) is 0.633. The van der Waals surface area contributed by atoms with Crippen molar-refractivity contribution >= 4 is 33.5 Å². The summed E-state index contributed by atoms with van der Waals surface area (Å²) in [6.07, 6.45) is 3.38. The van der Waals surface area contributed by atoms with Gasteiger partial charge in [0.05, 0.1) is 41.2 Å². The van der Waals surface area contributed by atoms with Gasteiger partial charge in [0.2, 0.25) is 0 Å². The van der Waals surface area contributed by atoms with E-state index < -0.39 is 11.9 Å². The Morgan fingerprint density at radius 1 is 1.09 bits per heavy atom. The second-order valence-corrected chi connectivity index (χ2v) is 9.12. The summed E-state index contributed by atoms with van der Waals surface area (Å²) in [5.41, 5.74) is 3.44. The molecule has 0 amide bonds. The lowest BCUT2D eigenvalue weighted by Gasteiger charge is -2.39. The van der Waals surface area contributed by atoms with Crippen molar-refractivity contribution < 1.29 is 33.9 Å². The van der Waals surface area contributed by atoms with E-state index in [1.165, 1.54) is 0 Å². The molecule has 1 N–H and O–H groups in total. The maximum atomic E-state index is 13.2. The van der Waals surface area contributed by atoms with Gasteiger partial charge in [0.1, 0.15) is 17.9 Å². The molecule has 0 aromatic heterocycles. The third kappa shape index (κ3) is 3.90. The van der Waals surface area contributed by atoms with Crippen LogP contribution in [0.15, 0.2) is 39.1 Å². The van der Waals surface area contributed by atoms with Crippen LogP contribution < -0.4 is 19.5 Å². The van der Waals surface area contributed by atoms with E-state index in [0.29, 0.717) is 77.1 Å². The number of nitrogens with one attached hydrogen (secondary N) is 1. The van der Waals surface area contributed by atoms with Crippen molar-refractivity contribution in [1.82, 2.24) is 0 Å². The molecule has 0 fully saturated rings.